The molecule has 7 nitrogen and oxygen atoms in total. The van der Waals surface area contributed by atoms with Gasteiger partial charge in [0, 0.05) is 38.3 Å². The van der Waals surface area contributed by atoms with E-state index in [9.17, 15) is 18.0 Å². The molecule has 144 valence electrons. The standard InChI is InChI=1S/C19H23N3O4S/c1-14-4-10-19(11-5-14)27(25,26)20-12-13-22(16(3)24)18-8-6-17(7-9-18)21-15(2)23/h4-11,20H,12-13H2,1-3H3,(H,21,23). The molecule has 0 unspecified atom stereocenters. The monoisotopic (exact) mass is 389 g/mol. The maximum atomic E-state index is 12.3. The van der Waals surface area contributed by atoms with E-state index in [0.717, 1.165) is 5.56 Å². The van der Waals surface area contributed by atoms with Crippen LogP contribution in [0.25, 0.3) is 0 Å². The molecule has 0 heterocycles. The van der Waals surface area contributed by atoms with Gasteiger partial charge < -0.3 is 10.2 Å². The molecule has 8 heteroatoms. The predicted octanol–water partition coefficient (Wildman–Crippen LogP) is 2.28. The van der Waals surface area contributed by atoms with Gasteiger partial charge in [0.15, 0.2) is 0 Å². The average molecular weight is 389 g/mol. The molecule has 0 aromatic heterocycles. The summed E-state index contributed by atoms with van der Waals surface area (Å²) in [4.78, 5) is 24.7. The van der Waals surface area contributed by atoms with Crippen LogP contribution in [0.1, 0.15) is 19.4 Å². The van der Waals surface area contributed by atoms with Crippen molar-refractivity contribution in [1.29, 1.82) is 0 Å². The van der Waals surface area contributed by atoms with Crippen molar-refractivity contribution in [2.45, 2.75) is 25.7 Å². The molecule has 27 heavy (non-hydrogen) atoms. The Morgan fingerprint density at radius 2 is 1.56 bits per heavy atom. The predicted molar refractivity (Wildman–Crippen MR) is 105 cm³/mol. The molecule has 0 radical (unpaired) electrons. The van der Waals surface area contributed by atoms with E-state index in [2.05, 4.69) is 10.0 Å². The summed E-state index contributed by atoms with van der Waals surface area (Å²) < 4.78 is 27.2. The number of nitrogens with zero attached hydrogens (tertiary/aromatic N) is 1. The maximum Gasteiger partial charge on any atom is 0.240 e. The van der Waals surface area contributed by atoms with Crippen LogP contribution in [-0.2, 0) is 19.6 Å². The molecule has 0 bridgehead atoms. The zero-order chi connectivity index (χ0) is 20.0. The summed E-state index contributed by atoms with van der Waals surface area (Å²) in [6.45, 7) is 4.96. The molecule has 0 atom stereocenters. The summed E-state index contributed by atoms with van der Waals surface area (Å²) in [5, 5.41) is 2.65. The maximum absolute atomic E-state index is 12.3. The lowest BCUT2D eigenvalue weighted by Gasteiger charge is -2.21. The van der Waals surface area contributed by atoms with E-state index in [1.54, 1.807) is 48.5 Å². The van der Waals surface area contributed by atoms with Gasteiger partial charge in [-0.2, -0.15) is 0 Å². The average Bonchev–Trinajstić information content (AvgIpc) is 2.59. The van der Waals surface area contributed by atoms with Gasteiger partial charge in [-0.1, -0.05) is 17.7 Å². The van der Waals surface area contributed by atoms with Crippen molar-refractivity contribution in [2.75, 3.05) is 23.3 Å². The van der Waals surface area contributed by atoms with E-state index in [1.807, 2.05) is 6.92 Å². The Morgan fingerprint density at radius 1 is 0.963 bits per heavy atom. The van der Waals surface area contributed by atoms with Gasteiger partial charge in [-0.05, 0) is 43.3 Å². The largest absolute Gasteiger partial charge is 0.326 e. The summed E-state index contributed by atoms with van der Waals surface area (Å²) >= 11 is 0. The second-order valence-corrected chi connectivity index (χ2v) is 7.88. The third-order valence-electron chi connectivity index (χ3n) is 3.84. The smallest absolute Gasteiger partial charge is 0.240 e. The molecule has 2 rings (SSSR count). The number of amides is 2. The molecule has 2 N–H and O–H groups in total. The van der Waals surface area contributed by atoms with E-state index < -0.39 is 10.0 Å². The molecule has 0 saturated heterocycles. The zero-order valence-electron chi connectivity index (χ0n) is 15.5. The second-order valence-electron chi connectivity index (χ2n) is 6.11. The number of carbonyl (C=O) groups excluding carboxylic acids is 2. The molecular formula is C19H23N3O4S. The van der Waals surface area contributed by atoms with Crippen LogP contribution in [0.4, 0.5) is 11.4 Å². The van der Waals surface area contributed by atoms with Crippen LogP contribution in [0.3, 0.4) is 0 Å². The summed E-state index contributed by atoms with van der Waals surface area (Å²) in [7, 11) is -3.64. The number of nitrogens with one attached hydrogen (secondary N) is 2. The van der Waals surface area contributed by atoms with Gasteiger partial charge in [0.2, 0.25) is 21.8 Å². The zero-order valence-corrected chi connectivity index (χ0v) is 16.3. The lowest BCUT2D eigenvalue weighted by molar-refractivity contribution is -0.116. The molecule has 0 aliphatic rings. The molecule has 0 fully saturated rings. The Hall–Kier alpha value is -2.71. The molecule has 2 amide bonds. The van der Waals surface area contributed by atoms with Crippen LogP contribution >= 0.6 is 0 Å². The summed E-state index contributed by atoms with van der Waals surface area (Å²) in [5.41, 5.74) is 2.21. The van der Waals surface area contributed by atoms with Crippen LogP contribution in [0.15, 0.2) is 53.4 Å². The van der Waals surface area contributed by atoms with Crippen molar-refractivity contribution in [1.82, 2.24) is 4.72 Å². The lowest BCUT2D eigenvalue weighted by atomic mass is 10.2. The van der Waals surface area contributed by atoms with Crippen LogP contribution in [0, 0.1) is 6.92 Å². The molecule has 2 aromatic rings. The number of carbonyl (C=O) groups is 2. The van der Waals surface area contributed by atoms with Gasteiger partial charge in [-0.15, -0.1) is 0 Å². The van der Waals surface area contributed by atoms with E-state index >= 15 is 0 Å². The first-order chi connectivity index (χ1) is 12.7. The summed E-state index contributed by atoms with van der Waals surface area (Å²) in [6, 6.07) is 13.3. The van der Waals surface area contributed by atoms with E-state index in [1.165, 1.54) is 18.7 Å². The highest BCUT2D eigenvalue weighted by atomic mass is 32.2. The number of hydrogen-bond acceptors (Lipinski definition) is 4. The minimum atomic E-state index is -3.64. The highest BCUT2D eigenvalue weighted by Crippen LogP contribution is 2.18. The van der Waals surface area contributed by atoms with Gasteiger partial charge >= 0.3 is 0 Å². The van der Waals surface area contributed by atoms with Crippen LogP contribution in [0.5, 0.6) is 0 Å². The Labute approximate surface area is 159 Å². The number of anilines is 2. The van der Waals surface area contributed by atoms with Gasteiger partial charge in [0.25, 0.3) is 0 Å². The van der Waals surface area contributed by atoms with Crippen molar-refractivity contribution < 1.29 is 18.0 Å². The van der Waals surface area contributed by atoms with Crippen LogP contribution < -0.4 is 14.9 Å². The van der Waals surface area contributed by atoms with Gasteiger partial charge in [-0.3, -0.25) is 9.59 Å². The van der Waals surface area contributed by atoms with E-state index in [-0.39, 0.29) is 29.8 Å². The molecular weight excluding hydrogens is 366 g/mol. The molecule has 0 aliphatic heterocycles. The van der Waals surface area contributed by atoms with Crippen molar-refractivity contribution in [3.63, 3.8) is 0 Å². The first kappa shape index (κ1) is 20.6. The van der Waals surface area contributed by atoms with Gasteiger partial charge in [0.1, 0.15) is 0 Å². The Kier molecular flexibility index (Phi) is 6.70. The Bertz CT molecular complexity index is 907. The van der Waals surface area contributed by atoms with Crippen LogP contribution in [0.2, 0.25) is 0 Å². The minimum Gasteiger partial charge on any atom is -0.326 e. The van der Waals surface area contributed by atoms with E-state index in [0.29, 0.717) is 11.4 Å². The summed E-state index contributed by atoms with van der Waals surface area (Å²) in [5.74, 6) is -0.395. The number of rotatable bonds is 7. The minimum absolute atomic E-state index is 0.0727. The number of benzene rings is 2. The number of sulfonamides is 1. The molecule has 0 saturated carbocycles. The van der Waals surface area contributed by atoms with Gasteiger partial charge in [-0.25, -0.2) is 13.1 Å². The lowest BCUT2D eigenvalue weighted by Crippen LogP contribution is -2.37. The quantitative estimate of drug-likeness (QED) is 0.759. The normalized spacial score (nSPS) is 11.1. The van der Waals surface area contributed by atoms with Crippen molar-refractivity contribution in [3.05, 3.63) is 54.1 Å². The Morgan fingerprint density at radius 3 is 2.07 bits per heavy atom. The van der Waals surface area contributed by atoms with Crippen LogP contribution in [-0.4, -0.2) is 33.3 Å². The van der Waals surface area contributed by atoms with Gasteiger partial charge in [0.05, 0.1) is 4.90 Å². The highest BCUT2D eigenvalue weighted by molar-refractivity contribution is 7.89. The van der Waals surface area contributed by atoms with E-state index in [4.69, 9.17) is 0 Å². The fourth-order valence-corrected chi connectivity index (χ4v) is 3.51. The topological polar surface area (TPSA) is 95.6 Å². The Balaban J connectivity index is 2.03. The first-order valence-electron chi connectivity index (χ1n) is 8.41. The molecule has 0 spiro atoms. The fraction of sp³-hybridized carbons (Fsp3) is 0.263. The highest BCUT2D eigenvalue weighted by Gasteiger charge is 2.16. The molecule has 2 aromatic carbocycles. The van der Waals surface area contributed by atoms with Crippen molar-refractivity contribution in [3.8, 4) is 0 Å². The van der Waals surface area contributed by atoms with Crippen molar-refractivity contribution in [2.24, 2.45) is 0 Å². The SMILES string of the molecule is CC(=O)Nc1ccc(N(CCNS(=O)(=O)c2ccc(C)cc2)C(C)=O)cc1. The molecule has 0 aliphatic carbocycles. The number of hydrogen-bond donors (Lipinski definition) is 2. The fourth-order valence-electron chi connectivity index (χ4n) is 2.49. The second kappa shape index (κ2) is 8.79. The number of aryl methyl sites for hydroxylation is 1. The first-order valence-corrected chi connectivity index (χ1v) is 9.89. The third kappa shape index (κ3) is 5.90. The summed E-state index contributed by atoms with van der Waals surface area (Å²) in [6.07, 6.45) is 0. The third-order valence-corrected chi connectivity index (χ3v) is 5.32. The van der Waals surface area contributed by atoms with Crippen molar-refractivity contribution >= 4 is 33.2 Å².